The molecule has 166 valence electrons. The molecule has 0 spiro atoms. The van der Waals surface area contributed by atoms with Crippen LogP contribution in [-0.2, 0) is 17.8 Å². The van der Waals surface area contributed by atoms with Crippen LogP contribution in [0, 0.1) is 6.92 Å². The highest BCUT2D eigenvalue weighted by Gasteiger charge is 2.38. The van der Waals surface area contributed by atoms with Crippen LogP contribution in [0.25, 0.3) is 11.0 Å². The molecule has 1 aromatic heterocycles. The molecule has 1 aliphatic heterocycles. The maximum atomic E-state index is 10.6. The van der Waals surface area contributed by atoms with E-state index in [4.69, 9.17) is 19.4 Å². The molecule has 1 atom stereocenters. The molecule has 0 saturated carbocycles. The van der Waals surface area contributed by atoms with Gasteiger partial charge in [-0.3, -0.25) is 0 Å². The van der Waals surface area contributed by atoms with Gasteiger partial charge < -0.3 is 24.9 Å². The summed E-state index contributed by atoms with van der Waals surface area (Å²) in [5.41, 5.74) is 4.56. The number of hydrogen-bond acceptors (Lipinski definition) is 5. The molecule has 0 amide bonds. The van der Waals surface area contributed by atoms with Crippen LogP contribution in [-0.4, -0.2) is 47.0 Å². The number of aliphatic carboxylic acids is 1. The van der Waals surface area contributed by atoms with Gasteiger partial charge in [-0.05, 0) is 42.7 Å². The first-order valence-corrected chi connectivity index (χ1v) is 9.44. The summed E-state index contributed by atoms with van der Waals surface area (Å²) in [6, 6.07) is 12.7. The lowest BCUT2D eigenvalue weighted by atomic mass is 10.0. The number of imidazole rings is 1. The summed E-state index contributed by atoms with van der Waals surface area (Å²) >= 11 is 0. The number of carboxylic acids is 1. The number of benzene rings is 2. The maximum Gasteiger partial charge on any atom is 0.490 e. The lowest BCUT2D eigenvalue weighted by Gasteiger charge is -2.26. The highest BCUT2D eigenvalue weighted by molar-refractivity contribution is 5.75. The lowest BCUT2D eigenvalue weighted by molar-refractivity contribution is -0.192. The SMILES string of the molecule is COc1ccc2c(c1)OCC(NCc1ccc3nc(C)[nH]c3c1)C2.O=C(O)C(F)(F)F. The molecule has 4 rings (SSSR count). The summed E-state index contributed by atoms with van der Waals surface area (Å²) in [6.45, 7) is 3.46. The molecule has 1 aliphatic rings. The van der Waals surface area contributed by atoms with Crippen LogP contribution < -0.4 is 14.8 Å². The van der Waals surface area contributed by atoms with E-state index in [2.05, 4.69) is 39.6 Å². The zero-order valence-electron chi connectivity index (χ0n) is 16.9. The minimum atomic E-state index is -5.08. The van der Waals surface area contributed by atoms with Crippen molar-refractivity contribution in [3.8, 4) is 11.5 Å². The summed E-state index contributed by atoms with van der Waals surface area (Å²) < 4.78 is 42.9. The van der Waals surface area contributed by atoms with E-state index in [-0.39, 0.29) is 0 Å². The van der Waals surface area contributed by atoms with E-state index in [1.165, 1.54) is 11.1 Å². The van der Waals surface area contributed by atoms with E-state index in [1.807, 2.05) is 19.1 Å². The van der Waals surface area contributed by atoms with Crippen LogP contribution in [0.2, 0.25) is 0 Å². The molecule has 0 bridgehead atoms. The Morgan fingerprint density at radius 1 is 1.32 bits per heavy atom. The molecule has 0 saturated heterocycles. The summed E-state index contributed by atoms with van der Waals surface area (Å²) in [5.74, 6) is -0.0413. The number of alkyl halides is 3. The molecular formula is C21H22F3N3O4. The largest absolute Gasteiger partial charge is 0.497 e. The second-order valence-corrected chi connectivity index (χ2v) is 7.04. The lowest BCUT2D eigenvalue weighted by Crippen LogP contribution is -2.38. The second kappa shape index (κ2) is 9.25. The Labute approximate surface area is 176 Å². The number of carbonyl (C=O) groups is 1. The second-order valence-electron chi connectivity index (χ2n) is 7.04. The van der Waals surface area contributed by atoms with Crippen LogP contribution in [0.3, 0.4) is 0 Å². The molecule has 3 N–H and O–H groups in total. The number of nitrogens with one attached hydrogen (secondary N) is 2. The molecule has 10 heteroatoms. The fourth-order valence-corrected chi connectivity index (χ4v) is 3.17. The number of methoxy groups -OCH3 is 1. The average Bonchev–Trinajstić information content (AvgIpc) is 3.10. The number of aromatic amines is 1. The van der Waals surface area contributed by atoms with Crippen molar-refractivity contribution in [3.05, 3.63) is 53.3 Å². The third-order valence-electron chi connectivity index (χ3n) is 4.68. The van der Waals surface area contributed by atoms with Crippen molar-refractivity contribution in [2.45, 2.75) is 32.1 Å². The summed E-state index contributed by atoms with van der Waals surface area (Å²) in [7, 11) is 1.67. The molecule has 31 heavy (non-hydrogen) atoms. The fourth-order valence-electron chi connectivity index (χ4n) is 3.17. The number of aromatic nitrogens is 2. The van der Waals surface area contributed by atoms with Gasteiger partial charge in [0.2, 0.25) is 0 Å². The number of ether oxygens (including phenoxy) is 2. The van der Waals surface area contributed by atoms with Crippen molar-refractivity contribution >= 4 is 17.0 Å². The standard InChI is InChI=1S/C19H21N3O2.C2HF3O2/c1-12-21-17-6-3-13(7-18(17)22-12)10-20-15-8-14-4-5-16(23-2)9-19(14)24-11-15;3-2(4,5)1(6)7/h3-7,9,15,20H,8,10-11H2,1-2H3,(H,21,22);(H,6,7). The van der Waals surface area contributed by atoms with Crippen molar-refractivity contribution in [2.75, 3.05) is 13.7 Å². The molecule has 3 aromatic rings. The Hall–Kier alpha value is -3.27. The Morgan fingerprint density at radius 3 is 2.74 bits per heavy atom. The molecule has 0 fully saturated rings. The Kier molecular flexibility index (Phi) is 6.69. The average molecular weight is 437 g/mol. The van der Waals surface area contributed by atoms with Crippen LogP contribution in [0.4, 0.5) is 13.2 Å². The van der Waals surface area contributed by atoms with Gasteiger partial charge in [0.05, 0.1) is 18.1 Å². The highest BCUT2D eigenvalue weighted by atomic mass is 19.4. The van der Waals surface area contributed by atoms with Gasteiger partial charge in [0.25, 0.3) is 0 Å². The van der Waals surface area contributed by atoms with Crippen molar-refractivity contribution in [1.29, 1.82) is 0 Å². The van der Waals surface area contributed by atoms with Crippen molar-refractivity contribution in [3.63, 3.8) is 0 Å². The molecular weight excluding hydrogens is 415 g/mol. The molecule has 0 radical (unpaired) electrons. The maximum absolute atomic E-state index is 10.6. The molecule has 7 nitrogen and oxygen atoms in total. The third kappa shape index (κ3) is 5.88. The predicted molar refractivity (Wildman–Crippen MR) is 107 cm³/mol. The number of fused-ring (bicyclic) bond motifs is 2. The van der Waals surface area contributed by atoms with Crippen LogP contribution in [0.5, 0.6) is 11.5 Å². The zero-order valence-corrected chi connectivity index (χ0v) is 16.9. The topological polar surface area (TPSA) is 96.5 Å². The normalized spacial score (nSPS) is 15.5. The van der Waals surface area contributed by atoms with E-state index >= 15 is 0 Å². The molecule has 2 heterocycles. The number of carboxylic acid groups (broad SMARTS) is 1. The first-order valence-electron chi connectivity index (χ1n) is 9.44. The van der Waals surface area contributed by atoms with E-state index in [1.54, 1.807) is 7.11 Å². The third-order valence-corrected chi connectivity index (χ3v) is 4.68. The molecule has 0 aliphatic carbocycles. The van der Waals surface area contributed by atoms with Gasteiger partial charge >= 0.3 is 12.1 Å². The van der Waals surface area contributed by atoms with Crippen LogP contribution in [0.15, 0.2) is 36.4 Å². The van der Waals surface area contributed by atoms with E-state index < -0.39 is 12.1 Å². The zero-order chi connectivity index (χ0) is 22.6. The number of halogens is 3. The first kappa shape index (κ1) is 22.4. The summed E-state index contributed by atoms with van der Waals surface area (Å²) in [6.07, 6.45) is -4.12. The Balaban J connectivity index is 0.000000339. The van der Waals surface area contributed by atoms with Crippen LogP contribution in [0.1, 0.15) is 17.0 Å². The number of nitrogens with zero attached hydrogens (tertiary/aromatic N) is 1. The number of H-pyrrole nitrogens is 1. The summed E-state index contributed by atoms with van der Waals surface area (Å²) in [4.78, 5) is 16.6. The van der Waals surface area contributed by atoms with E-state index in [0.29, 0.717) is 12.6 Å². The smallest absolute Gasteiger partial charge is 0.490 e. The van der Waals surface area contributed by atoms with Gasteiger partial charge in [0.1, 0.15) is 23.9 Å². The summed E-state index contributed by atoms with van der Waals surface area (Å²) in [5, 5.41) is 10.7. The Bertz CT molecular complexity index is 1070. The monoisotopic (exact) mass is 437 g/mol. The van der Waals surface area contributed by atoms with Gasteiger partial charge in [-0.15, -0.1) is 0 Å². The van der Waals surface area contributed by atoms with Crippen molar-refractivity contribution in [1.82, 2.24) is 15.3 Å². The fraction of sp³-hybridized carbons (Fsp3) is 0.333. The van der Waals surface area contributed by atoms with Crippen LogP contribution >= 0.6 is 0 Å². The van der Waals surface area contributed by atoms with Gasteiger partial charge in [0.15, 0.2) is 0 Å². The van der Waals surface area contributed by atoms with Gasteiger partial charge in [-0.25, -0.2) is 9.78 Å². The minimum absolute atomic E-state index is 0.310. The number of hydrogen-bond donors (Lipinski definition) is 3. The number of rotatable bonds is 4. The number of aryl methyl sites for hydroxylation is 1. The molecule has 2 aromatic carbocycles. The molecule has 1 unspecified atom stereocenters. The van der Waals surface area contributed by atoms with Gasteiger partial charge in [0, 0.05) is 18.7 Å². The van der Waals surface area contributed by atoms with Gasteiger partial charge in [-0.2, -0.15) is 13.2 Å². The van der Waals surface area contributed by atoms with E-state index in [9.17, 15) is 13.2 Å². The Morgan fingerprint density at radius 2 is 2.06 bits per heavy atom. The first-order chi connectivity index (χ1) is 14.7. The van der Waals surface area contributed by atoms with Crippen molar-refractivity contribution in [2.24, 2.45) is 0 Å². The van der Waals surface area contributed by atoms with Gasteiger partial charge in [-0.1, -0.05) is 12.1 Å². The van der Waals surface area contributed by atoms with E-state index in [0.717, 1.165) is 41.3 Å². The quantitative estimate of drug-likeness (QED) is 0.577. The van der Waals surface area contributed by atoms with Crippen molar-refractivity contribution < 1.29 is 32.5 Å². The highest BCUT2D eigenvalue weighted by Crippen LogP contribution is 2.29. The predicted octanol–water partition coefficient (Wildman–Crippen LogP) is 3.61. The minimum Gasteiger partial charge on any atom is -0.497 e.